The van der Waals surface area contributed by atoms with Crippen LogP contribution in [0.3, 0.4) is 0 Å². The van der Waals surface area contributed by atoms with Crippen molar-refractivity contribution in [2.75, 3.05) is 0 Å². The molecule has 0 atom stereocenters. The van der Waals surface area contributed by atoms with E-state index in [1.54, 1.807) is 4.68 Å². The number of aryl methyl sites for hydroxylation is 3. The van der Waals surface area contributed by atoms with Crippen LogP contribution in [0.15, 0.2) is 6.07 Å². The summed E-state index contributed by atoms with van der Waals surface area (Å²) in [6, 6.07) is 2.02. The highest BCUT2D eigenvalue weighted by molar-refractivity contribution is 5.41. The third kappa shape index (κ3) is 1.53. The second-order valence-corrected chi connectivity index (χ2v) is 4.00. The molecule has 0 aliphatic heterocycles. The first-order valence-corrected chi connectivity index (χ1v) is 5.23. The number of hydrogen-bond acceptors (Lipinski definition) is 3. The van der Waals surface area contributed by atoms with Gasteiger partial charge in [0.15, 0.2) is 0 Å². The molecular weight excluding hydrogens is 204 g/mol. The number of rotatable bonds is 2. The molecule has 1 N–H and O–H groups in total. The van der Waals surface area contributed by atoms with E-state index in [0.717, 1.165) is 28.5 Å². The molecule has 0 spiro atoms. The van der Waals surface area contributed by atoms with Crippen molar-refractivity contribution in [2.45, 2.75) is 34.4 Å². The molecule has 0 aromatic carbocycles. The maximum atomic E-state index is 9.15. The predicted molar refractivity (Wildman–Crippen MR) is 60.5 cm³/mol. The molecule has 5 heteroatoms. The largest absolute Gasteiger partial charge is 0.374 e. The Morgan fingerprint density at radius 2 is 1.88 bits per heavy atom. The van der Waals surface area contributed by atoms with Gasteiger partial charge in [-0.25, -0.2) is 9.36 Å². The second kappa shape index (κ2) is 3.75. The molecule has 0 fully saturated rings. The first-order chi connectivity index (χ1) is 7.54. The molecule has 2 aromatic heterocycles. The molecule has 0 aliphatic carbocycles. The average molecular weight is 220 g/mol. The first kappa shape index (κ1) is 10.9. The van der Waals surface area contributed by atoms with Crippen LogP contribution >= 0.6 is 0 Å². The molecular formula is C11H16N4O. The van der Waals surface area contributed by atoms with Crippen molar-refractivity contribution in [1.82, 2.24) is 19.6 Å². The quantitative estimate of drug-likeness (QED) is 0.828. The molecule has 2 rings (SSSR count). The molecule has 2 aromatic rings. The van der Waals surface area contributed by atoms with Gasteiger partial charge in [0.05, 0.1) is 17.1 Å². The van der Waals surface area contributed by atoms with E-state index in [2.05, 4.69) is 10.2 Å². The molecule has 86 valence electrons. The van der Waals surface area contributed by atoms with Gasteiger partial charge in [-0.1, -0.05) is 0 Å². The van der Waals surface area contributed by atoms with Gasteiger partial charge < -0.3 is 5.11 Å². The van der Waals surface area contributed by atoms with Crippen LogP contribution in [0.2, 0.25) is 0 Å². The minimum absolute atomic E-state index is 0.105. The fraction of sp³-hybridized carbons (Fsp3) is 0.455. The molecule has 16 heavy (non-hydrogen) atoms. The summed E-state index contributed by atoms with van der Waals surface area (Å²) in [4.78, 5) is 0. The molecule has 2 heterocycles. The zero-order valence-corrected chi connectivity index (χ0v) is 10.0. The second-order valence-electron chi connectivity index (χ2n) is 4.00. The van der Waals surface area contributed by atoms with Crippen molar-refractivity contribution in [1.29, 1.82) is 0 Å². The Bertz CT molecular complexity index is 524. The van der Waals surface area contributed by atoms with Crippen molar-refractivity contribution in [3.63, 3.8) is 0 Å². The summed E-state index contributed by atoms with van der Waals surface area (Å²) in [6.07, 6.45) is 0. The molecule has 0 saturated carbocycles. The van der Waals surface area contributed by atoms with E-state index in [9.17, 15) is 0 Å². The van der Waals surface area contributed by atoms with E-state index in [-0.39, 0.29) is 6.73 Å². The summed E-state index contributed by atoms with van der Waals surface area (Å²) >= 11 is 0. The lowest BCUT2D eigenvalue weighted by molar-refractivity contribution is 0.192. The van der Waals surface area contributed by atoms with Crippen molar-refractivity contribution in [3.05, 3.63) is 28.8 Å². The van der Waals surface area contributed by atoms with Crippen molar-refractivity contribution in [2.24, 2.45) is 0 Å². The number of hydrogen-bond donors (Lipinski definition) is 1. The van der Waals surface area contributed by atoms with Crippen LogP contribution in [0.5, 0.6) is 0 Å². The Morgan fingerprint density at radius 3 is 2.31 bits per heavy atom. The summed E-state index contributed by atoms with van der Waals surface area (Å²) in [5.74, 6) is 0. The Hall–Kier alpha value is -1.62. The third-order valence-electron chi connectivity index (χ3n) is 2.70. The Balaban J connectivity index is 2.64. The maximum absolute atomic E-state index is 9.15. The van der Waals surface area contributed by atoms with Crippen molar-refractivity contribution in [3.8, 4) is 5.69 Å². The lowest BCUT2D eigenvalue weighted by Crippen LogP contribution is -2.04. The fourth-order valence-electron chi connectivity index (χ4n) is 1.99. The number of aliphatic hydroxyl groups excluding tert-OH is 1. The highest BCUT2D eigenvalue weighted by Gasteiger charge is 2.15. The zero-order valence-electron chi connectivity index (χ0n) is 10.0. The monoisotopic (exact) mass is 220 g/mol. The summed E-state index contributed by atoms with van der Waals surface area (Å²) < 4.78 is 3.44. The average Bonchev–Trinajstić information content (AvgIpc) is 2.67. The van der Waals surface area contributed by atoms with Gasteiger partial charge in [-0.15, -0.1) is 0 Å². The Morgan fingerprint density at radius 1 is 1.19 bits per heavy atom. The molecule has 0 bridgehead atoms. The molecule has 0 amide bonds. The van der Waals surface area contributed by atoms with E-state index in [0.29, 0.717) is 0 Å². The zero-order chi connectivity index (χ0) is 11.9. The number of aromatic nitrogens is 4. The van der Waals surface area contributed by atoms with Crippen LogP contribution in [-0.2, 0) is 6.73 Å². The van der Waals surface area contributed by atoms with E-state index >= 15 is 0 Å². The summed E-state index contributed by atoms with van der Waals surface area (Å²) in [5.41, 5.74) is 4.80. The lowest BCUT2D eigenvalue weighted by Gasteiger charge is -2.04. The van der Waals surface area contributed by atoms with Gasteiger partial charge in [-0.05, 0) is 33.8 Å². The van der Waals surface area contributed by atoms with Gasteiger partial charge in [0, 0.05) is 5.69 Å². The van der Waals surface area contributed by atoms with Crippen LogP contribution in [0.25, 0.3) is 5.69 Å². The molecule has 5 nitrogen and oxygen atoms in total. The van der Waals surface area contributed by atoms with Crippen molar-refractivity contribution < 1.29 is 5.11 Å². The van der Waals surface area contributed by atoms with Crippen LogP contribution in [0.1, 0.15) is 22.8 Å². The topological polar surface area (TPSA) is 55.9 Å². The maximum Gasteiger partial charge on any atom is 0.136 e. The van der Waals surface area contributed by atoms with Gasteiger partial charge in [-0.2, -0.15) is 10.2 Å². The van der Waals surface area contributed by atoms with Crippen LogP contribution in [-0.4, -0.2) is 24.7 Å². The first-order valence-electron chi connectivity index (χ1n) is 5.23. The van der Waals surface area contributed by atoms with E-state index in [1.807, 2.05) is 38.4 Å². The number of nitrogens with zero attached hydrogens (tertiary/aromatic N) is 4. The molecule has 0 radical (unpaired) electrons. The van der Waals surface area contributed by atoms with Gasteiger partial charge in [0.25, 0.3) is 0 Å². The Kier molecular flexibility index (Phi) is 2.55. The summed E-state index contributed by atoms with van der Waals surface area (Å²) in [5, 5.41) is 17.8. The van der Waals surface area contributed by atoms with E-state index in [1.165, 1.54) is 0 Å². The minimum atomic E-state index is -0.105. The predicted octanol–water partition coefficient (Wildman–Crippen LogP) is 1.25. The summed E-state index contributed by atoms with van der Waals surface area (Å²) in [6.45, 7) is 7.72. The van der Waals surface area contributed by atoms with E-state index in [4.69, 9.17) is 5.11 Å². The number of aliphatic hydroxyl groups is 1. The summed E-state index contributed by atoms with van der Waals surface area (Å²) in [7, 11) is 0. The SMILES string of the molecule is Cc1cc(C)n(-c2c(C)nn(CO)c2C)n1. The van der Waals surface area contributed by atoms with Gasteiger partial charge in [0.2, 0.25) is 0 Å². The lowest BCUT2D eigenvalue weighted by atomic mass is 10.3. The smallest absolute Gasteiger partial charge is 0.136 e. The van der Waals surface area contributed by atoms with E-state index < -0.39 is 0 Å². The van der Waals surface area contributed by atoms with Crippen LogP contribution in [0, 0.1) is 27.7 Å². The standard InChI is InChI=1S/C11H16N4O/c1-7-5-8(2)15(12-7)11-9(3)13-14(6-16)10(11)4/h5,16H,6H2,1-4H3. The molecule has 0 aliphatic rings. The molecule has 0 saturated heterocycles. The highest BCUT2D eigenvalue weighted by atomic mass is 16.3. The van der Waals surface area contributed by atoms with Crippen LogP contribution in [0.4, 0.5) is 0 Å². The highest BCUT2D eigenvalue weighted by Crippen LogP contribution is 2.19. The molecule has 0 unspecified atom stereocenters. The fourth-order valence-corrected chi connectivity index (χ4v) is 1.99. The minimum Gasteiger partial charge on any atom is -0.374 e. The van der Waals surface area contributed by atoms with Gasteiger partial charge >= 0.3 is 0 Å². The van der Waals surface area contributed by atoms with Crippen molar-refractivity contribution >= 4 is 0 Å². The third-order valence-corrected chi connectivity index (χ3v) is 2.70. The van der Waals surface area contributed by atoms with Gasteiger partial charge in [0.1, 0.15) is 12.4 Å². The normalized spacial score (nSPS) is 11.1. The Labute approximate surface area is 94.3 Å². The van der Waals surface area contributed by atoms with Gasteiger partial charge in [-0.3, -0.25) is 0 Å². The van der Waals surface area contributed by atoms with Crippen LogP contribution < -0.4 is 0 Å².